The van der Waals surface area contributed by atoms with Gasteiger partial charge >= 0.3 is 0 Å². The molecule has 0 aliphatic carbocycles. The first-order chi connectivity index (χ1) is 15.3. The van der Waals surface area contributed by atoms with Crippen molar-refractivity contribution in [2.45, 2.75) is 18.6 Å². The molecule has 166 valence electrons. The van der Waals surface area contributed by atoms with E-state index in [9.17, 15) is 29.1 Å². The van der Waals surface area contributed by atoms with E-state index in [1.807, 2.05) is 12.1 Å². The minimum absolute atomic E-state index is 0.0353. The zero-order valence-corrected chi connectivity index (χ0v) is 17.4. The number of nitrogens with one attached hydrogen (secondary N) is 1. The summed E-state index contributed by atoms with van der Waals surface area (Å²) in [6.07, 6.45) is -1.58. The molecule has 2 aromatic rings. The summed E-state index contributed by atoms with van der Waals surface area (Å²) in [5.74, 6) is -3.00. The Morgan fingerprint density at radius 2 is 1.88 bits per heavy atom. The number of anilines is 1. The number of hydrogen-bond acceptors (Lipinski definition) is 5. The molecule has 2 N–H and O–H groups in total. The molecule has 3 amide bonds. The van der Waals surface area contributed by atoms with Crippen molar-refractivity contribution in [2.75, 3.05) is 25.5 Å². The molecule has 3 unspecified atom stereocenters. The summed E-state index contributed by atoms with van der Waals surface area (Å²) in [6.45, 7) is -0.386. The molecule has 32 heavy (non-hydrogen) atoms. The lowest BCUT2D eigenvalue weighted by Crippen LogP contribution is -2.44. The highest BCUT2D eigenvalue weighted by Crippen LogP contribution is 2.25. The van der Waals surface area contributed by atoms with Gasteiger partial charge in [-0.05, 0) is 24.6 Å². The maximum absolute atomic E-state index is 13.9. The number of benzene rings is 2. The predicted molar refractivity (Wildman–Crippen MR) is 113 cm³/mol. The number of rotatable bonds is 6. The number of carbonyl (C=O) groups excluding carboxylic acids is 3. The van der Waals surface area contributed by atoms with Gasteiger partial charge in [0, 0.05) is 24.8 Å². The summed E-state index contributed by atoms with van der Waals surface area (Å²) in [7, 11) is 1.31. The van der Waals surface area contributed by atoms with Crippen molar-refractivity contribution in [3.8, 4) is 6.07 Å². The third kappa shape index (κ3) is 5.10. The van der Waals surface area contributed by atoms with Crippen LogP contribution >= 0.6 is 0 Å². The van der Waals surface area contributed by atoms with Crippen LogP contribution in [0, 0.1) is 23.1 Å². The number of halogens is 1. The highest BCUT2D eigenvalue weighted by molar-refractivity contribution is 5.94. The van der Waals surface area contributed by atoms with Crippen molar-refractivity contribution < 1.29 is 23.9 Å². The van der Waals surface area contributed by atoms with Gasteiger partial charge in [-0.2, -0.15) is 5.26 Å². The lowest BCUT2D eigenvalue weighted by Gasteiger charge is -2.25. The van der Waals surface area contributed by atoms with E-state index in [-0.39, 0.29) is 24.4 Å². The zero-order chi connectivity index (χ0) is 23.3. The Kier molecular flexibility index (Phi) is 7.18. The lowest BCUT2D eigenvalue weighted by molar-refractivity contribution is -0.145. The van der Waals surface area contributed by atoms with Crippen LogP contribution in [-0.2, 0) is 14.4 Å². The first-order valence-electron chi connectivity index (χ1n) is 10.0. The summed E-state index contributed by atoms with van der Waals surface area (Å²) in [5, 5.41) is 22.4. The molecule has 2 aromatic carbocycles. The Balaban J connectivity index is 1.62. The summed E-state index contributed by atoms with van der Waals surface area (Å²) in [4.78, 5) is 40.1. The van der Waals surface area contributed by atoms with Gasteiger partial charge in [0.25, 0.3) is 5.91 Å². The Morgan fingerprint density at radius 1 is 1.22 bits per heavy atom. The number of amides is 3. The number of likely N-dealkylation sites (tertiary alicyclic amines) is 1. The smallest absolute Gasteiger partial charge is 0.256 e. The number of nitrogens with zero attached hydrogens (tertiary/aromatic N) is 3. The zero-order valence-electron chi connectivity index (χ0n) is 17.4. The van der Waals surface area contributed by atoms with Gasteiger partial charge in [-0.1, -0.05) is 36.4 Å². The summed E-state index contributed by atoms with van der Waals surface area (Å²) in [6, 6.07) is 15.4. The topological polar surface area (TPSA) is 114 Å². The minimum atomic E-state index is -1.76. The molecule has 1 heterocycles. The van der Waals surface area contributed by atoms with Crippen molar-refractivity contribution >= 4 is 23.4 Å². The molecule has 0 radical (unpaired) electrons. The number of hydrogen-bond donors (Lipinski definition) is 2. The van der Waals surface area contributed by atoms with Gasteiger partial charge in [0.1, 0.15) is 11.9 Å². The van der Waals surface area contributed by atoms with E-state index in [0.29, 0.717) is 5.69 Å². The SMILES string of the molecule is CN(CC(=O)N1CC(C(=O)Nc2ccccc2)CC1C#N)C(=O)C(O)c1ccccc1F. The fourth-order valence-corrected chi connectivity index (χ4v) is 3.60. The van der Waals surface area contributed by atoms with Crippen molar-refractivity contribution in [1.82, 2.24) is 9.80 Å². The Hall–Kier alpha value is -3.77. The molecular formula is C23H23FN4O4. The molecule has 1 fully saturated rings. The lowest BCUT2D eigenvalue weighted by atomic mass is 10.1. The number of aliphatic hydroxyl groups excluding tert-OH is 1. The molecule has 8 nitrogen and oxygen atoms in total. The Morgan fingerprint density at radius 3 is 2.53 bits per heavy atom. The van der Waals surface area contributed by atoms with Gasteiger partial charge in [0.05, 0.1) is 18.5 Å². The van der Waals surface area contributed by atoms with E-state index in [2.05, 4.69) is 5.32 Å². The molecule has 3 rings (SSSR count). The van der Waals surface area contributed by atoms with Crippen LogP contribution in [0.4, 0.5) is 10.1 Å². The van der Waals surface area contributed by atoms with E-state index >= 15 is 0 Å². The molecule has 0 aromatic heterocycles. The minimum Gasteiger partial charge on any atom is -0.378 e. The Labute approximate surface area is 184 Å². The van der Waals surface area contributed by atoms with Crippen LogP contribution in [0.5, 0.6) is 0 Å². The molecular weight excluding hydrogens is 415 g/mol. The van der Waals surface area contributed by atoms with Gasteiger partial charge in [-0.3, -0.25) is 14.4 Å². The van der Waals surface area contributed by atoms with E-state index in [0.717, 1.165) is 11.0 Å². The molecule has 1 aliphatic rings. The van der Waals surface area contributed by atoms with E-state index in [1.165, 1.54) is 30.1 Å². The molecule has 1 saturated heterocycles. The molecule has 0 spiro atoms. The molecule has 1 aliphatic heterocycles. The van der Waals surface area contributed by atoms with Gasteiger partial charge in [-0.25, -0.2) is 4.39 Å². The third-order valence-electron chi connectivity index (χ3n) is 5.36. The normalized spacial score (nSPS) is 18.5. The summed E-state index contributed by atoms with van der Waals surface area (Å²) >= 11 is 0. The van der Waals surface area contributed by atoms with Crippen molar-refractivity contribution in [1.29, 1.82) is 5.26 Å². The van der Waals surface area contributed by atoms with Crippen LogP contribution in [0.25, 0.3) is 0 Å². The highest BCUT2D eigenvalue weighted by Gasteiger charge is 2.39. The molecule has 9 heteroatoms. The maximum Gasteiger partial charge on any atom is 0.256 e. The van der Waals surface area contributed by atoms with Crippen LogP contribution in [0.3, 0.4) is 0 Å². The predicted octanol–water partition coefficient (Wildman–Crippen LogP) is 1.70. The Bertz CT molecular complexity index is 1040. The number of likely N-dealkylation sites (N-methyl/N-ethyl adjacent to an activating group) is 1. The van der Waals surface area contributed by atoms with Crippen LogP contribution in [0.2, 0.25) is 0 Å². The molecule has 0 saturated carbocycles. The van der Waals surface area contributed by atoms with Crippen LogP contribution in [-0.4, -0.2) is 58.8 Å². The molecule has 0 bridgehead atoms. The van der Waals surface area contributed by atoms with Gasteiger partial charge in [-0.15, -0.1) is 0 Å². The fraction of sp³-hybridized carbons (Fsp3) is 0.304. The van der Waals surface area contributed by atoms with E-state index in [4.69, 9.17) is 0 Å². The third-order valence-corrected chi connectivity index (χ3v) is 5.36. The first-order valence-corrected chi connectivity index (χ1v) is 10.0. The first kappa shape index (κ1) is 22.9. The van der Waals surface area contributed by atoms with Crippen LogP contribution in [0.15, 0.2) is 54.6 Å². The summed E-state index contributed by atoms with van der Waals surface area (Å²) in [5.41, 5.74) is 0.425. The molecule has 3 atom stereocenters. The van der Waals surface area contributed by atoms with Gasteiger partial charge in [0.15, 0.2) is 6.10 Å². The average Bonchev–Trinajstić information content (AvgIpc) is 3.24. The maximum atomic E-state index is 13.9. The van der Waals surface area contributed by atoms with Crippen LogP contribution in [0.1, 0.15) is 18.1 Å². The largest absolute Gasteiger partial charge is 0.378 e. The number of para-hydroxylation sites is 1. The van der Waals surface area contributed by atoms with Crippen molar-refractivity contribution in [3.05, 3.63) is 66.0 Å². The van der Waals surface area contributed by atoms with Crippen molar-refractivity contribution in [3.63, 3.8) is 0 Å². The average molecular weight is 438 g/mol. The number of carbonyl (C=O) groups is 3. The fourth-order valence-electron chi connectivity index (χ4n) is 3.60. The second kappa shape index (κ2) is 10.0. The quantitative estimate of drug-likeness (QED) is 0.713. The monoisotopic (exact) mass is 438 g/mol. The second-order valence-corrected chi connectivity index (χ2v) is 7.60. The standard InChI is InChI=1S/C23H23FN4O4/c1-27(23(32)21(30)18-9-5-6-10-19(18)24)14-20(29)28-13-15(11-17(28)12-25)22(31)26-16-7-3-2-4-8-16/h2-10,15,17,21,30H,11,13-14H2,1H3,(H,26,31). The van der Waals surface area contributed by atoms with Crippen molar-refractivity contribution in [2.24, 2.45) is 5.92 Å². The number of nitriles is 1. The highest BCUT2D eigenvalue weighted by atomic mass is 19.1. The van der Waals surface area contributed by atoms with Crippen LogP contribution < -0.4 is 5.32 Å². The second-order valence-electron chi connectivity index (χ2n) is 7.60. The number of aliphatic hydroxyl groups is 1. The van der Waals surface area contributed by atoms with E-state index in [1.54, 1.807) is 24.3 Å². The summed E-state index contributed by atoms with van der Waals surface area (Å²) < 4.78 is 13.9. The van der Waals surface area contributed by atoms with Gasteiger partial charge < -0.3 is 20.2 Å². The van der Waals surface area contributed by atoms with E-state index < -0.39 is 42.2 Å². The van der Waals surface area contributed by atoms with Gasteiger partial charge in [0.2, 0.25) is 11.8 Å².